The third kappa shape index (κ3) is 1.28. The minimum atomic E-state index is 0.415. The van der Waals surface area contributed by atoms with Crippen molar-refractivity contribution in [2.24, 2.45) is 0 Å². The second-order valence-corrected chi connectivity index (χ2v) is 5.48. The average molecular weight is 265 g/mol. The summed E-state index contributed by atoms with van der Waals surface area (Å²) >= 11 is 11.4. The van der Waals surface area contributed by atoms with Crippen molar-refractivity contribution in [3.05, 3.63) is 23.0 Å². The molecule has 0 saturated carbocycles. The van der Waals surface area contributed by atoms with Gasteiger partial charge in [0.2, 0.25) is 0 Å². The Hall–Kier alpha value is 0.270. The second-order valence-electron chi connectivity index (χ2n) is 2.74. The van der Waals surface area contributed by atoms with Crippen LogP contribution in [0.5, 0.6) is 0 Å². The van der Waals surface area contributed by atoms with E-state index in [-0.39, 0.29) is 0 Å². The largest absolute Gasteiger partial charge is 0.243 e. The summed E-state index contributed by atoms with van der Waals surface area (Å²) in [7, 11) is 0. The quantitative estimate of drug-likeness (QED) is 0.524. The number of pyridine rings is 1. The van der Waals surface area contributed by atoms with E-state index < -0.39 is 0 Å². The van der Waals surface area contributed by atoms with Crippen LogP contribution in [0.4, 0.5) is 0 Å². The van der Waals surface area contributed by atoms with Gasteiger partial charge in [0.05, 0.1) is 4.83 Å². The summed E-state index contributed by atoms with van der Waals surface area (Å²) in [5.74, 6) is 0. The normalized spacial score (nSPS) is 27.2. The van der Waals surface area contributed by atoms with Gasteiger partial charge < -0.3 is 0 Å². The lowest BCUT2D eigenvalue weighted by Gasteiger charge is -2.04. The number of aromatic nitrogens is 1. The van der Waals surface area contributed by atoms with Gasteiger partial charge in [-0.15, -0.1) is 11.8 Å². The van der Waals surface area contributed by atoms with Gasteiger partial charge >= 0.3 is 0 Å². The van der Waals surface area contributed by atoms with Gasteiger partial charge in [-0.3, -0.25) is 0 Å². The maximum Gasteiger partial charge on any atom is 0.142 e. The van der Waals surface area contributed by atoms with E-state index in [1.54, 1.807) is 18.0 Å². The van der Waals surface area contributed by atoms with Crippen LogP contribution in [0.1, 0.15) is 17.3 Å². The number of fused-ring (bicyclic) bond motifs is 1. The smallest absolute Gasteiger partial charge is 0.142 e. The van der Waals surface area contributed by atoms with Gasteiger partial charge in [-0.2, -0.15) is 0 Å². The lowest BCUT2D eigenvalue weighted by Crippen LogP contribution is -1.96. The third-order valence-electron chi connectivity index (χ3n) is 1.90. The van der Waals surface area contributed by atoms with E-state index >= 15 is 0 Å². The summed E-state index contributed by atoms with van der Waals surface area (Å²) in [5, 5.41) is 1.17. The minimum Gasteiger partial charge on any atom is -0.243 e. The topological polar surface area (TPSA) is 12.9 Å². The summed E-state index contributed by atoms with van der Waals surface area (Å²) in [4.78, 5) is 5.59. The molecule has 0 aromatic carbocycles. The maximum atomic E-state index is 5.95. The first-order chi connectivity index (χ1) is 5.70. The molecule has 4 heteroatoms. The zero-order valence-electron chi connectivity index (χ0n) is 6.42. The van der Waals surface area contributed by atoms with Crippen LogP contribution in [-0.2, 0) is 0 Å². The van der Waals surface area contributed by atoms with Gasteiger partial charge in [0.1, 0.15) is 5.15 Å². The van der Waals surface area contributed by atoms with Crippen LogP contribution < -0.4 is 0 Å². The first kappa shape index (κ1) is 8.85. The summed E-state index contributed by atoms with van der Waals surface area (Å²) in [6.45, 7) is 2.18. The molecule has 1 aromatic rings. The number of hydrogen-bond acceptors (Lipinski definition) is 2. The molecule has 0 saturated heterocycles. The van der Waals surface area contributed by atoms with E-state index in [1.165, 1.54) is 5.56 Å². The Kier molecular flexibility index (Phi) is 2.36. The molecular weight excluding hydrogens is 258 g/mol. The molecule has 2 heterocycles. The molecule has 0 bridgehead atoms. The highest BCUT2D eigenvalue weighted by molar-refractivity contribution is 9.09. The van der Waals surface area contributed by atoms with Gasteiger partial charge in [-0.1, -0.05) is 34.5 Å². The van der Waals surface area contributed by atoms with Crippen molar-refractivity contribution >= 4 is 39.3 Å². The van der Waals surface area contributed by atoms with Crippen molar-refractivity contribution in [2.45, 2.75) is 21.9 Å². The lowest BCUT2D eigenvalue weighted by molar-refractivity contribution is 0.943. The van der Waals surface area contributed by atoms with Crippen molar-refractivity contribution in [2.75, 3.05) is 0 Å². The fraction of sp³-hybridized carbons (Fsp3) is 0.375. The molecule has 0 spiro atoms. The lowest BCUT2D eigenvalue weighted by atomic mass is 10.2. The van der Waals surface area contributed by atoms with E-state index in [2.05, 4.69) is 27.8 Å². The number of hydrogen-bond donors (Lipinski definition) is 0. The fourth-order valence-corrected chi connectivity index (χ4v) is 3.54. The average Bonchev–Trinajstić information content (AvgIpc) is 2.32. The van der Waals surface area contributed by atoms with Crippen molar-refractivity contribution in [3.8, 4) is 0 Å². The Bertz CT molecular complexity index is 318. The van der Waals surface area contributed by atoms with Gasteiger partial charge in [-0.25, -0.2) is 4.98 Å². The van der Waals surface area contributed by atoms with Crippen LogP contribution in [-0.4, -0.2) is 10.2 Å². The Balaban J connectivity index is 2.53. The van der Waals surface area contributed by atoms with E-state index in [4.69, 9.17) is 11.6 Å². The second kappa shape index (κ2) is 3.20. The summed E-state index contributed by atoms with van der Waals surface area (Å²) in [6, 6.07) is 2.02. The first-order valence-corrected chi connectivity index (χ1v) is 5.82. The molecular formula is C8H7BrClNS. The van der Waals surface area contributed by atoms with Gasteiger partial charge in [-0.05, 0) is 11.6 Å². The van der Waals surface area contributed by atoms with E-state index in [9.17, 15) is 0 Å². The SMILES string of the molecule is CC1Sc2c(ccnc2Cl)C1Br. The van der Waals surface area contributed by atoms with Gasteiger partial charge in [0.15, 0.2) is 0 Å². The molecule has 1 aliphatic heterocycles. The van der Waals surface area contributed by atoms with Gasteiger partial charge in [0, 0.05) is 16.3 Å². The van der Waals surface area contributed by atoms with Crippen molar-refractivity contribution in [3.63, 3.8) is 0 Å². The van der Waals surface area contributed by atoms with Crippen LogP contribution in [0.15, 0.2) is 17.2 Å². The third-order valence-corrected chi connectivity index (χ3v) is 5.25. The number of alkyl halides is 1. The number of halogens is 2. The first-order valence-electron chi connectivity index (χ1n) is 3.65. The molecule has 0 aliphatic carbocycles. The zero-order chi connectivity index (χ0) is 8.72. The van der Waals surface area contributed by atoms with E-state index in [0.29, 0.717) is 15.2 Å². The molecule has 1 aromatic heterocycles. The molecule has 0 amide bonds. The molecule has 2 rings (SSSR count). The fourth-order valence-electron chi connectivity index (χ4n) is 1.27. The highest BCUT2D eigenvalue weighted by Gasteiger charge is 2.29. The molecule has 1 nitrogen and oxygen atoms in total. The number of rotatable bonds is 0. The standard InChI is InChI=1S/C8H7BrClNS/c1-4-6(9)5-2-3-11-8(10)7(5)12-4/h2-4,6H,1H3. The Morgan fingerprint density at radius 2 is 2.42 bits per heavy atom. The molecule has 2 atom stereocenters. The van der Waals surface area contributed by atoms with E-state index in [0.717, 1.165) is 4.90 Å². The van der Waals surface area contributed by atoms with Crippen LogP contribution >= 0.6 is 39.3 Å². The summed E-state index contributed by atoms with van der Waals surface area (Å²) in [5.41, 5.74) is 1.27. The van der Waals surface area contributed by atoms with Crippen molar-refractivity contribution < 1.29 is 0 Å². The van der Waals surface area contributed by atoms with Crippen LogP contribution in [0.25, 0.3) is 0 Å². The highest BCUT2D eigenvalue weighted by atomic mass is 79.9. The molecule has 12 heavy (non-hydrogen) atoms. The monoisotopic (exact) mass is 263 g/mol. The maximum absolute atomic E-state index is 5.95. The Morgan fingerprint density at radius 3 is 3.08 bits per heavy atom. The summed E-state index contributed by atoms with van der Waals surface area (Å²) < 4.78 is 0. The number of thioether (sulfide) groups is 1. The molecule has 1 aliphatic rings. The van der Waals surface area contributed by atoms with Crippen LogP contribution in [0.2, 0.25) is 5.15 Å². The van der Waals surface area contributed by atoms with Crippen LogP contribution in [0.3, 0.4) is 0 Å². The Labute approximate surface area is 89.0 Å². The highest BCUT2D eigenvalue weighted by Crippen LogP contribution is 2.50. The summed E-state index contributed by atoms with van der Waals surface area (Å²) in [6.07, 6.45) is 1.76. The van der Waals surface area contributed by atoms with Gasteiger partial charge in [0.25, 0.3) is 0 Å². The molecule has 2 unspecified atom stereocenters. The molecule has 64 valence electrons. The number of nitrogens with zero attached hydrogens (tertiary/aromatic N) is 1. The van der Waals surface area contributed by atoms with Crippen molar-refractivity contribution in [1.29, 1.82) is 0 Å². The predicted octanol–water partition coefficient (Wildman–Crippen LogP) is 3.67. The predicted molar refractivity (Wildman–Crippen MR) is 56.2 cm³/mol. The molecule has 0 radical (unpaired) electrons. The zero-order valence-corrected chi connectivity index (χ0v) is 9.58. The minimum absolute atomic E-state index is 0.415. The van der Waals surface area contributed by atoms with Crippen LogP contribution in [0, 0.1) is 0 Å². The van der Waals surface area contributed by atoms with Crippen molar-refractivity contribution in [1.82, 2.24) is 4.98 Å². The van der Waals surface area contributed by atoms with E-state index in [1.807, 2.05) is 6.07 Å². The molecule has 0 fully saturated rings. The Morgan fingerprint density at radius 1 is 1.67 bits per heavy atom. The molecule has 0 N–H and O–H groups in total.